The highest BCUT2D eigenvalue weighted by atomic mass is 16.4. The molecular weight excluding hydrogens is 148 g/mol. The first-order valence-corrected chi connectivity index (χ1v) is 3.44. The molecule has 0 bridgehead atoms. The Bertz CT molecular complexity index is 130. The molecule has 0 amide bonds. The fraction of sp³-hybridized carbons (Fsp3) is 0.857. The van der Waals surface area contributed by atoms with E-state index in [4.69, 9.17) is 10.2 Å². The smallest absolute Gasteiger partial charge is 0.122 e. The molecule has 0 rings (SSSR count). The molecule has 0 aliphatic heterocycles. The Morgan fingerprint density at radius 3 is 2.27 bits per heavy atom. The summed E-state index contributed by atoms with van der Waals surface area (Å²) in [5.41, 5.74) is -1.53. The van der Waals surface area contributed by atoms with E-state index >= 15 is 0 Å². The molecule has 66 valence electrons. The Labute approximate surface area is 65.5 Å². The second kappa shape index (κ2) is 3.80. The van der Waals surface area contributed by atoms with Crippen molar-refractivity contribution in [3.63, 3.8) is 0 Å². The molecule has 0 radical (unpaired) electrons. The largest absolute Gasteiger partial charge is 0.391 e. The lowest BCUT2D eigenvalue weighted by Gasteiger charge is -2.28. The van der Waals surface area contributed by atoms with Gasteiger partial charge in [0.2, 0.25) is 0 Å². The third-order valence-corrected chi connectivity index (χ3v) is 1.59. The van der Waals surface area contributed by atoms with Crippen molar-refractivity contribution in [3.05, 3.63) is 0 Å². The molecule has 0 aromatic carbocycles. The van der Waals surface area contributed by atoms with Crippen LogP contribution in [0.5, 0.6) is 0 Å². The van der Waals surface area contributed by atoms with Crippen molar-refractivity contribution in [1.82, 2.24) is 0 Å². The fourth-order valence-corrected chi connectivity index (χ4v) is 0.809. The highest BCUT2D eigenvalue weighted by Gasteiger charge is 2.32. The highest BCUT2D eigenvalue weighted by Crippen LogP contribution is 2.15. The molecule has 0 fully saturated rings. The van der Waals surface area contributed by atoms with Gasteiger partial charge in [0.25, 0.3) is 0 Å². The van der Waals surface area contributed by atoms with Crippen molar-refractivity contribution in [2.45, 2.75) is 38.1 Å². The van der Waals surface area contributed by atoms with Crippen LogP contribution in [0, 0.1) is 0 Å². The lowest BCUT2D eigenvalue weighted by Crippen LogP contribution is -2.46. The Morgan fingerprint density at radius 2 is 2.00 bits per heavy atom. The van der Waals surface area contributed by atoms with Crippen molar-refractivity contribution in [1.29, 1.82) is 0 Å². The van der Waals surface area contributed by atoms with E-state index in [1.54, 1.807) is 0 Å². The molecule has 4 heteroatoms. The Hall–Kier alpha value is -0.450. The van der Waals surface area contributed by atoms with Crippen LogP contribution in [-0.4, -0.2) is 39.4 Å². The zero-order valence-corrected chi connectivity index (χ0v) is 6.69. The number of aliphatic hydroxyl groups excluding tert-OH is 2. The van der Waals surface area contributed by atoms with E-state index in [1.807, 2.05) is 0 Å². The van der Waals surface area contributed by atoms with Gasteiger partial charge in [0.1, 0.15) is 12.4 Å². The van der Waals surface area contributed by atoms with E-state index in [-0.39, 0.29) is 6.42 Å². The zero-order valence-electron chi connectivity index (χ0n) is 6.69. The molecule has 4 nitrogen and oxygen atoms in total. The molecule has 3 atom stereocenters. The average Bonchev–Trinajstić information content (AvgIpc) is 1.86. The molecule has 0 aromatic heterocycles. The van der Waals surface area contributed by atoms with Gasteiger partial charge in [-0.15, -0.1) is 0 Å². The van der Waals surface area contributed by atoms with Crippen LogP contribution in [0.15, 0.2) is 0 Å². The van der Waals surface area contributed by atoms with Gasteiger partial charge in [-0.25, -0.2) is 0 Å². The third kappa shape index (κ3) is 2.96. The fourth-order valence-electron chi connectivity index (χ4n) is 0.809. The molecule has 0 aliphatic rings. The van der Waals surface area contributed by atoms with Gasteiger partial charge in [-0.05, 0) is 13.8 Å². The summed E-state index contributed by atoms with van der Waals surface area (Å²) < 4.78 is 0. The van der Waals surface area contributed by atoms with Crippen LogP contribution < -0.4 is 0 Å². The maximum atomic E-state index is 9.99. The van der Waals surface area contributed by atoms with Crippen LogP contribution in [0.1, 0.15) is 20.3 Å². The van der Waals surface area contributed by atoms with Crippen LogP contribution in [0.25, 0.3) is 0 Å². The lowest BCUT2D eigenvalue weighted by atomic mass is 9.93. The van der Waals surface area contributed by atoms with E-state index in [9.17, 15) is 9.90 Å². The number of rotatable bonds is 4. The zero-order chi connectivity index (χ0) is 9.07. The van der Waals surface area contributed by atoms with Gasteiger partial charge in [0, 0.05) is 6.42 Å². The number of aldehydes is 1. The van der Waals surface area contributed by atoms with E-state index in [2.05, 4.69) is 0 Å². The molecule has 0 saturated carbocycles. The third-order valence-electron chi connectivity index (χ3n) is 1.59. The first kappa shape index (κ1) is 10.6. The Balaban J connectivity index is 4.15. The van der Waals surface area contributed by atoms with Crippen molar-refractivity contribution in [2.75, 3.05) is 0 Å². The highest BCUT2D eigenvalue weighted by molar-refractivity contribution is 5.51. The summed E-state index contributed by atoms with van der Waals surface area (Å²) in [6.45, 7) is 2.66. The Kier molecular flexibility index (Phi) is 3.65. The molecule has 11 heavy (non-hydrogen) atoms. The van der Waals surface area contributed by atoms with Crippen molar-refractivity contribution >= 4 is 6.29 Å². The summed E-state index contributed by atoms with van der Waals surface area (Å²) in [4.78, 5) is 9.99. The van der Waals surface area contributed by atoms with E-state index in [0.717, 1.165) is 0 Å². The van der Waals surface area contributed by atoms with Gasteiger partial charge >= 0.3 is 0 Å². The van der Waals surface area contributed by atoms with Crippen LogP contribution in [0.3, 0.4) is 0 Å². The Morgan fingerprint density at radius 1 is 1.55 bits per heavy atom. The number of hydrogen-bond acceptors (Lipinski definition) is 4. The number of hydrogen-bond donors (Lipinski definition) is 3. The van der Waals surface area contributed by atoms with Crippen LogP contribution >= 0.6 is 0 Å². The predicted molar refractivity (Wildman–Crippen MR) is 39.0 cm³/mol. The standard InChI is InChI=1S/C7H14O4/c1-5(9)6(10)7(2,11)3-4-8/h4-6,9-11H,3H2,1-2H3/t5-,6-,7-/m1/s1. The topological polar surface area (TPSA) is 77.8 Å². The van der Waals surface area contributed by atoms with E-state index in [0.29, 0.717) is 6.29 Å². The first-order chi connectivity index (χ1) is 4.91. The minimum Gasteiger partial charge on any atom is -0.391 e. The van der Waals surface area contributed by atoms with Crippen LogP contribution in [0.2, 0.25) is 0 Å². The molecule has 0 aromatic rings. The molecule has 0 saturated heterocycles. The molecule has 0 aliphatic carbocycles. The monoisotopic (exact) mass is 162 g/mol. The predicted octanol–water partition coefficient (Wildman–Crippen LogP) is -0.932. The molecule has 3 N–H and O–H groups in total. The quantitative estimate of drug-likeness (QED) is 0.467. The summed E-state index contributed by atoms with van der Waals surface area (Å²) in [6, 6.07) is 0. The van der Waals surface area contributed by atoms with Gasteiger partial charge in [-0.2, -0.15) is 0 Å². The van der Waals surface area contributed by atoms with E-state index in [1.165, 1.54) is 13.8 Å². The second-order valence-corrected chi connectivity index (χ2v) is 2.91. The van der Waals surface area contributed by atoms with Gasteiger partial charge in [-0.1, -0.05) is 0 Å². The van der Waals surface area contributed by atoms with Gasteiger partial charge in [-0.3, -0.25) is 0 Å². The summed E-state index contributed by atoms with van der Waals surface area (Å²) in [5, 5.41) is 27.3. The molecule has 0 spiro atoms. The molecular formula is C7H14O4. The number of aliphatic hydroxyl groups is 3. The average molecular weight is 162 g/mol. The van der Waals surface area contributed by atoms with Gasteiger partial charge in [0.15, 0.2) is 0 Å². The number of carbonyl (C=O) groups is 1. The lowest BCUT2D eigenvalue weighted by molar-refractivity contribution is -0.129. The minimum atomic E-state index is -1.53. The first-order valence-electron chi connectivity index (χ1n) is 3.44. The van der Waals surface area contributed by atoms with Gasteiger partial charge < -0.3 is 20.1 Å². The van der Waals surface area contributed by atoms with Crippen molar-refractivity contribution in [3.8, 4) is 0 Å². The van der Waals surface area contributed by atoms with Crippen LogP contribution in [-0.2, 0) is 4.79 Å². The minimum absolute atomic E-state index is 0.181. The summed E-state index contributed by atoms with van der Waals surface area (Å²) in [5.74, 6) is 0. The molecule has 0 unspecified atom stereocenters. The maximum Gasteiger partial charge on any atom is 0.122 e. The summed E-state index contributed by atoms with van der Waals surface area (Å²) in [7, 11) is 0. The van der Waals surface area contributed by atoms with Gasteiger partial charge in [0.05, 0.1) is 11.7 Å². The number of carbonyl (C=O) groups excluding carboxylic acids is 1. The summed E-state index contributed by atoms with van der Waals surface area (Å²) >= 11 is 0. The maximum absolute atomic E-state index is 9.99. The summed E-state index contributed by atoms with van der Waals surface area (Å²) in [6.07, 6.45) is -2.00. The van der Waals surface area contributed by atoms with E-state index < -0.39 is 17.8 Å². The van der Waals surface area contributed by atoms with Crippen molar-refractivity contribution in [2.24, 2.45) is 0 Å². The molecule has 0 heterocycles. The second-order valence-electron chi connectivity index (χ2n) is 2.91. The van der Waals surface area contributed by atoms with Crippen LogP contribution in [0.4, 0.5) is 0 Å². The SMILES string of the molecule is C[C@@H](O)[C@@H](O)[C@](C)(O)CC=O. The normalized spacial score (nSPS) is 21.9. The van der Waals surface area contributed by atoms with Crippen molar-refractivity contribution < 1.29 is 20.1 Å².